The summed E-state index contributed by atoms with van der Waals surface area (Å²) in [6.45, 7) is 6.70. The third kappa shape index (κ3) is 4.01. The van der Waals surface area contributed by atoms with Crippen molar-refractivity contribution >= 4 is 5.91 Å². The van der Waals surface area contributed by atoms with Crippen LogP contribution >= 0.6 is 0 Å². The molecule has 0 heterocycles. The van der Waals surface area contributed by atoms with E-state index in [4.69, 9.17) is 5.11 Å². The molecule has 0 aromatic carbocycles. The molecule has 1 amide bonds. The highest BCUT2D eigenvalue weighted by atomic mass is 16.3. The van der Waals surface area contributed by atoms with Crippen molar-refractivity contribution < 1.29 is 9.90 Å². The van der Waals surface area contributed by atoms with E-state index < -0.39 is 0 Å². The fourth-order valence-electron chi connectivity index (χ4n) is 1.45. The minimum absolute atomic E-state index is 0.0489. The maximum atomic E-state index is 11.7. The number of nitrogens with zero attached hydrogens (tertiary/aromatic N) is 1. The molecule has 1 aliphatic rings. The SMILES string of the molecule is C=CCN(CCO)C(C)C(=O)NC1CC1. The lowest BCUT2D eigenvalue weighted by Crippen LogP contribution is -2.46. The highest BCUT2D eigenvalue weighted by molar-refractivity contribution is 5.81. The van der Waals surface area contributed by atoms with Crippen LogP contribution in [-0.4, -0.2) is 47.7 Å². The van der Waals surface area contributed by atoms with E-state index in [2.05, 4.69) is 11.9 Å². The van der Waals surface area contributed by atoms with Gasteiger partial charge in [-0.25, -0.2) is 0 Å². The van der Waals surface area contributed by atoms with Crippen LogP contribution in [0.3, 0.4) is 0 Å². The highest BCUT2D eigenvalue weighted by Gasteiger charge is 2.27. The van der Waals surface area contributed by atoms with E-state index in [0.717, 1.165) is 12.8 Å². The molecule has 1 saturated carbocycles. The van der Waals surface area contributed by atoms with E-state index >= 15 is 0 Å². The molecule has 0 bridgehead atoms. The predicted octanol–water partition coefficient (Wildman–Crippen LogP) is 0.134. The van der Waals surface area contributed by atoms with E-state index in [9.17, 15) is 4.79 Å². The van der Waals surface area contributed by atoms with E-state index in [1.165, 1.54) is 0 Å². The van der Waals surface area contributed by atoms with E-state index in [0.29, 0.717) is 19.1 Å². The van der Waals surface area contributed by atoms with Gasteiger partial charge in [-0.1, -0.05) is 6.08 Å². The Bertz CT molecular complexity index is 227. The number of rotatable bonds is 7. The first-order chi connectivity index (χ1) is 7.19. The first-order valence-corrected chi connectivity index (χ1v) is 5.45. The largest absolute Gasteiger partial charge is 0.395 e. The van der Waals surface area contributed by atoms with Crippen LogP contribution in [0.4, 0.5) is 0 Å². The fraction of sp³-hybridized carbons (Fsp3) is 0.727. The standard InChI is InChI=1S/C11H20N2O2/c1-3-6-13(7-8-14)9(2)11(15)12-10-4-5-10/h3,9-10,14H,1,4-8H2,2H3,(H,12,15). The number of amides is 1. The molecule has 15 heavy (non-hydrogen) atoms. The van der Waals surface area contributed by atoms with Crippen LogP contribution in [0.2, 0.25) is 0 Å². The molecule has 0 radical (unpaired) electrons. The van der Waals surface area contributed by atoms with Crippen molar-refractivity contribution in [3.63, 3.8) is 0 Å². The summed E-state index contributed by atoms with van der Waals surface area (Å²) in [7, 11) is 0. The van der Waals surface area contributed by atoms with Crippen LogP contribution in [0, 0.1) is 0 Å². The lowest BCUT2D eigenvalue weighted by Gasteiger charge is -2.26. The van der Waals surface area contributed by atoms with Crippen LogP contribution in [0.5, 0.6) is 0 Å². The average molecular weight is 212 g/mol. The zero-order valence-electron chi connectivity index (χ0n) is 9.28. The monoisotopic (exact) mass is 212 g/mol. The van der Waals surface area contributed by atoms with E-state index in [1.54, 1.807) is 6.08 Å². The first kappa shape index (κ1) is 12.2. The number of aliphatic hydroxyl groups excluding tert-OH is 1. The van der Waals surface area contributed by atoms with Gasteiger partial charge >= 0.3 is 0 Å². The topological polar surface area (TPSA) is 52.6 Å². The maximum absolute atomic E-state index is 11.7. The van der Waals surface area contributed by atoms with Crippen LogP contribution in [0.1, 0.15) is 19.8 Å². The average Bonchev–Trinajstić information content (AvgIpc) is 3.00. The zero-order valence-corrected chi connectivity index (χ0v) is 9.28. The summed E-state index contributed by atoms with van der Waals surface area (Å²) in [4.78, 5) is 13.6. The van der Waals surface area contributed by atoms with Gasteiger partial charge in [0.25, 0.3) is 0 Å². The van der Waals surface area contributed by atoms with Gasteiger partial charge in [-0.2, -0.15) is 0 Å². The molecule has 0 saturated heterocycles. The summed E-state index contributed by atoms with van der Waals surface area (Å²) < 4.78 is 0. The second-order valence-corrected chi connectivity index (χ2v) is 3.97. The summed E-state index contributed by atoms with van der Waals surface area (Å²) in [5, 5.41) is 11.8. The van der Waals surface area contributed by atoms with Gasteiger partial charge in [-0.15, -0.1) is 6.58 Å². The first-order valence-electron chi connectivity index (χ1n) is 5.45. The summed E-state index contributed by atoms with van der Waals surface area (Å²) >= 11 is 0. The van der Waals surface area contributed by atoms with Crippen molar-refractivity contribution in [1.82, 2.24) is 10.2 Å². The predicted molar refractivity (Wildman–Crippen MR) is 59.5 cm³/mol. The third-order valence-electron chi connectivity index (χ3n) is 2.60. The Morgan fingerprint density at radius 3 is 2.87 bits per heavy atom. The molecule has 86 valence electrons. The lowest BCUT2D eigenvalue weighted by atomic mass is 10.2. The number of aliphatic hydroxyl groups is 1. The summed E-state index contributed by atoms with van der Waals surface area (Å²) in [5.74, 6) is 0.0489. The molecule has 0 aromatic rings. The Morgan fingerprint density at radius 1 is 1.73 bits per heavy atom. The molecule has 0 aromatic heterocycles. The Morgan fingerprint density at radius 2 is 2.40 bits per heavy atom. The van der Waals surface area contributed by atoms with Gasteiger partial charge in [0.1, 0.15) is 0 Å². The van der Waals surface area contributed by atoms with Gasteiger partial charge in [0, 0.05) is 19.1 Å². The van der Waals surface area contributed by atoms with Crippen molar-refractivity contribution in [1.29, 1.82) is 0 Å². The molecule has 1 atom stereocenters. The summed E-state index contributed by atoms with van der Waals surface area (Å²) in [6, 6.07) is 0.190. The minimum Gasteiger partial charge on any atom is -0.395 e. The number of hydrogen-bond acceptors (Lipinski definition) is 3. The Balaban J connectivity index is 2.40. The highest BCUT2D eigenvalue weighted by Crippen LogP contribution is 2.19. The maximum Gasteiger partial charge on any atom is 0.237 e. The molecule has 1 fully saturated rings. The molecule has 1 aliphatic carbocycles. The van der Waals surface area contributed by atoms with Gasteiger partial charge in [0.15, 0.2) is 0 Å². The van der Waals surface area contributed by atoms with Crippen LogP contribution in [0.15, 0.2) is 12.7 Å². The molecule has 1 unspecified atom stereocenters. The number of hydrogen-bond donors (Lipinski definition) is 2. The van der Waals surface area contributed by atoms with Gasteiger partial charge in [-0.3, -0.25) is 9.69 Å². The van der Waals surface area contributed by atoms with Gasteiger partial charge in [0.2, 0.25) is 5.91 Å². The van der Waals surface area contributed by atoms with Gasteiger partial charge in [0.05, 0.1) is 12.6 Å². The minimum atomic E-state index is -0.198. The second kappa shape index (κ2) is 5.88. The summed E-state index contributed by atoms with van der Waals surface area (Å²) in [6.07, 6.45) is 3.94. The van der Waals surface area contributed by atoms with E-state index in [1.807, 2.05) is 11.8 Å². The van der Waals surface area contributed by atoms with Crippen LogP contribution in [-0.2, 0) is 4.79 Å². The van der Waals surface area contributed by atoms with Crippen molar-refractivity contribution in [3.8, 4) is 0 Å². The molecule has 0 aliphatic heterocycles. The van der Waals surface area contributed by atoms with Crippen molar-refractivity contribution in [2.24, 2.45) is 0 Å². The third-order valence-corrected chi connectivity index (χ3v) is 2.60. The Hall–Kier alpha value is -0.870. The molecule has 1 rings (SSSR count). The van der Waals surface area contributed by atoms with Gasteiger partial charge < -0.3 is 10.4 Å². The lowest BCUT2D eigenvalue weighted by molar-refractivity contribution is -0.126. The fourth-order valence-corrected chi connectivity index (χ4v) is 1.45. The summed E-state index contributed by atoms with van der Waals surface area (Å²) in [5.41, 5.74) is 0. The van der Waals surface area contributed by atoms with E-state index in [-0.39, 0.29) is 18.6 Å². The van der Waals surface area contributed by atoms with Crippen molar-refractivity contribution in [2.75, 3.05) is 19.7 Å². The van der Waals surface area contributed by atoms with Crippen molar-refractivity contribution in [3.05, 3.63) is 12.7 Å². The molecule has 4 nitrogen and oxygen atoms in total. The normalized spacial score (nSPS) is 17.5. The Labute approximate surface area is 91.0 Å². The molecular formula is C11H20N2O2. The van der Waals surface area contributed by atoms with Crippen LogP contribution < -0.4 is 5.32 Å². The van der Waals surface area contributed by atoms with Crippen molar-refractivity contribution in [2.45, 2.75) is 31.8 Å². The zero-order chi connectivity index (χ0) is 11.3. The molecular weight excluding hydrogens is 192 g/mol. The Kier molecular flexibility index (Phi) is 4.78. The molecule has 0 spiro atoms. The number of carbonyl (C=O) groups is 1. The number of nitrogens with one attached hydrogen (secondary N) is 1. The smallest absolute Gasteiger partial charge is 0.237 e. The number of carbonyl (C=O) groups excluding carboxylic acids is 1. The van der Waals surface area contributed by atoms with Crippen LogP contribution in [0.25, 0.3) is 0 Å². The second-order valence-electron chi connectivity index (χ2n) is 3.97. The van der Waals surface area contributed by atoms with Gasteiger partial charge in [-0.05, 0) is 19.8 Å². The quantitative estimate of drug-likeness (QED) is 0.590. The molecule has 4 heteroatoms. The molecule has 2 N–H and O–H groups in total.